The van der Waals surface area contributed by atoms with Crippen LogP contribution in [0.15, 0.2) is 11.8 Å². The maximum atomic E-state index is 12.4. The number of hydrogen-bond acceptors (Lipinski definition) is 10. The van der Waals surface area contributed by atoms with Gasteiger partial charge >= 0.3 is 25.7 Å². The van der Waals surface area contributed by atoms with Crippen LogP contribution >= 0.6 is 7.82 Å². The van der Waals surface area contributed by atoms with E-state index in [0.717, 1.165) is 13.8 Å². The number of carbonyl (C=O) groups is 3. The highest BCUT2D eigenvalue weighted by Crippen LogP contribution is 2.51. The topological polar surface area (TPSA) is 124 Å². The summed E-state index contributed by atoms with van der Waals surface area (Å²) in [6.07, 6.45) is 1.18. The lowest BCUT2D eigenvalue weighted by molar-refractivity contribution is -0.152. The van der Waals surface area contributed by atoms with Gasteiger partial charge in [0, 0.05) is 13.8 Å². The molecule has 11 heteroatoms. The van der Waals surface area contributed by atoms with Crippen molar-refractivity contribution in [2.45, 2.75) is 27.7 Å². The second-order valence-electron chi connectivity index (χ2n) is 3.68. The quantitative estimate of drug-likeness (QED) is 0.143. The Balaban J connectivity index is 4.93. The van der Waals surface area contributed by atoms with Gasteiger partial charge in [-0.2, -0.15) is 0 Å². The summed E-state index contributed by atoms with van der Waals surface area (Å²) in [6.45, 7) is 3.75. The predicted molar refractivity (Wildman–Crippen MR) is 74.5 cm³/mol. The zero-order chi connectivity index (χ0) is 17.9. The van der Waals surface area contributed by atoms with Crippen molar-refractivity contribution in [3.8, 4) is 0 Å². The van der Waals surface area contributed by atoms with Crippen molar-refractivity contribution in [1.29, 1.82) is 0 Å². The third-order valence-electron chi connectivity index (χ3n) is 1.89. The molecule has 0 saturated carbocycles. The fourth-order valence-corrected chi connectivity index (χ4v) is 1.93. The SMILES string of the molecule is CC=C(OP(=O)(OCOC(C)=O)OCOC(C)=O)C(=O)OCC. The van der Waals surface area contributed by atoms with Crippen LogP contribution in [0.3, 0.4) is 0 Å². The van der Waals surface area contributed by atoms with Crippen LogP contribution in [-0.2, 0) is 46.7 Å². The van der Waals surface area contributed by atoms with E-state index in [4.69, 9.17) is 18.3 Å². The number of allylic oxidation sites excluding steroid dienone is 1. The van der Waals surface area contributed by atoms with Gasteiger partial charge in [0.05, 0.1) is 6.61 Å². The molecule has 0 bridgehead atoms. The predicted octanol–water partition coefficient (Wildman–Crippen LogP) is 1.65. The van der Waals surface area contributed by atoms with E-state index in [2.05, 4.69) is 9.47 Å². The van der Waals surface area contributed by atoms with E-state index in [1.807, 2.05) is 0 Å². The summed E-state index contributed by atoms with van der Waals surface area (Å²) >= 11 is 0. The highest BCUT2D eigenvalue weighted by molar-refractivity contribution is 7.48. The van der Waals surface area contributed by atoms with Crippen LogP contribution in [0.1, 0.15) is 27.7 Å². The normalized spacial score (nSPS) is 11.6. The highest BCUT2D eigenvalue weighted by Gasteiger charge is 2.33. The number of hydrogen-bond donors (Lipinski definition) is 0. The Morgan fingerprint density at radius 2 is 1.43 bits per heavy atom. The second-order valence-corrected chi connectivity index (χ2v) is 5.27. The molecule has 23 heavy (non-hydrogen) atoms. The van der Waals surface area contributed by atoms with E-state index in [-0.39, 0.29) is 6.61 Å². The molecule has 0 aromatic rings. The molecule has 0 spiro atoms. The minimum atomic E-state index is -4.41. The summed E-state index contributed by atoms with van der Waals surface area (Å²) in [6, 6.07) is 0. The van der Waals surface area contributed by atoms with Gasteiger partial charge in [-0.05, 0) is 19.9 Å². The summed E-state index contributed by atoms with van der Waals surface area (Å²) in [5.41, 5.74) is 0. The first-order valence-electron chi connectivity index (χ1n) is 6.43. The molecule has 0 saturated heterocycles. The summed E-state index contributed by atoms with van der Waals surface area (Å²) in [5, 5.41) is 0. The molecule has 0 aromatic heterocycles. The molecule has 0 aliphatic carbocycles. The van der Waals surface area contributed by atoms with E-state index < -0.39 is 45.1 Å². The molecule has 10 nitrogen and oxygen atoms in total. The smallest absolute Gasteiger partial charge is 0.460 e. The largest absolute Gasteiger partial charge is 0.536 e. The Morgan fingerprint density at radius 1 is 0.957 bits per heavy atom. The lowest BCUT2D eigenvalue weighted by Gasteiger charge is -2.18. The van der Waals surface area contributed by atoms with Gasteiger partial charge in [-0.15, -0.1) is 0 Å². The standard InChI is InChI=1S/C12H19O10P/c1-5-11(12(15)17-6-2)22-23(16,20-7-18-9(3)13)21-8-19-10(4)14/h5H,6-8H2,1-4H3. The van der Waals surface area contributed by atoms with Crippen LogP contribution in [0.2, 0.25) is 0 Å². The van der Waals surface area contributed by atoms with Crippen molar-refractivity contribution in [2.75, 3.05) is 20.2 Å². The molecule has 0 amide bonds. The molecule has 0 rings (SSSR count). The number of rotatable bonds is 10. The van der Waals surface area contributed by atoms with Crippen molar-refractivity contribution < 1.29 is 46.7 Å². The summed E-state index contributed by atoms with van der Waals surface area (Å²) < 4.78 is 40.3. The minimum absolute atomic E-state index is 0.0619. The van der Waals surface area contributed by atoms with Gasteiger partial charge in [0.2, 0.25) is 19.3 Å². The molecular formula is C12H19O10P. The number of esters is 3. The van der Waals surface area contributed by atoms with Crippen molar-refractivity contribution >= 4 is 25.7 Å². The van der Waals surface area contributed by atoms with Crippen LogP contribution in [0.5, 0.6) is 0 Å². The molecule has 0 heterocycles. The van der Waals surface area contributed by atoms with Gasteiger partial charge in [-0.25, -0.2) is 18.4 Å². The Labute approximate surface area is 133 Å². The van der Waals surface area contributed by atoms with Crippen LogP contribution in [0.4, 0.5) is 0 Å². The van der Waals surface area contributed by atoms with E-state index in [9.17, 15) is 18.9 Å². The second kappa shape index (κ2) is 10.8. The monoisotopic (exact) mass is 354 g/mol. The third-order valence-corrected chi connectivity index (χ3v) is 3.16. The van der Waals surface area contributed by atoms with Gasteiger partial charge < -0.3 is 18.7 Å². The van der Waals surface area contributed by atoms with Crippen molar-refractivity contribution in [1.82, 2.24) is 0 Å². The average Bonchev–Trinajstić information content (AvgIpc) is 2.44. The van der Waals surface area contributed by atoms with Gasteiger partial charge in [0.25, 0.3) is 0 Å². The van der Waals surface area contributed by atoms with Gasteiger partial charge in [-0.1, -0.05) is 0 Å². The zero-order valence-electron chi connectivity index (χ0n) is 13.2. The fraction of sp³-hybridized carbons (Fsp3) is 0.583. The van der Waals surface area contributed by atoms with Crippen molar-refractivity contribution in [3.63, 3.8) is 0 Å². The highest BCUT2D eigenvalue weighted by atomic mass is 31.2. The molecule has 132 valence electrons. The zero-order valence-corrected chi connectivity index (χ0v) is 14.1. The molecule has 0 radical (unpaired) electrons. The number of carbonyl (C=O) groups excluding carboxylic acids is 3. The van der Waals surface area contributed by atoms with E-state index in [1.165, 1.54) is 13.0 Å². The van der Waals surface area contributed by atoms with Crippen LogP contribution in [0.25, 0.3) is 0 Å². The van der Waals surface area contributed by atoms with E-state index >= 15 is 0 Å². The van der Waals surface area contributed by atoms with Crippen molar-refractivity contribution in [2.24, 2.45) is 0 Å². The lowest BCUT2D eigenvalue weighted by atomic mass is 10.5. The maximum Gasteiger partial charge on any atom is 0.536 e. The third kappa shape index (κ3) is 9.67. The molecule has 0 aliphatic rings. The first-order chi connectivity index (χ1) is 10.7. The fourth-order valence-electron chi connectivity index (χ4n) is 0.968. The van der Waals surface area contributed by atoms with E-state index in [0.29, 0.717) is 0 Å². The molecule has 0 aromatic carbocycles. The van der Waals surface area contributed by atoms with Gasteiger partial charge in [-0.3, -0.25) is 9.59 Å². The van der Waals surface area contributed by atoms with Crippen LogP contribution < -0.4 is 0 Å². The molecule has 0 unspecified atom stereocenters. The molecule has 0 aliphatic heterocycles. The first kappa shape index (κ1) is 21.1. The van der Waals surface area contributed by atoms with Crippen LogP contribution in [-0.4, -0.2) is 38.1 Å². The Hall–Kier alpha value is -1.90. The lowest BCUT2D eigenvalue weighted by Crippen LogP contribution is -2.14. The van der Waals surface area contributed by atoms with Gasteiger partial charge in [0.1, 0.15) is 0 Å². The number of ether oxygens (including phenoxy) is 3. The Bertz CT molecular complexity index is 474. The van der Waals surface area contributed by atoms with Gasteiger partial charge in [0.15, 0.2) is 0 Å². The summed E-state index contributed by atoms with van der Waals surface area (Å²) in [7, 11) is -4.41. The number of phosphoric ester groups is 1. The molecular weight excluding hydrogens is 335 g/mol. The molecule has 0 fully saturated rings. The maximum absolute atomic E-state index is 12.4. The average molecular weight is 354 g/mol. The van der Waals surface area contributed by atoms with Crippen LogP contribution in [0, 0.1) is 0 Å². The molecule has 0 N–H and O–H groups in total. The minimum Gasteiger partial charge on any atom is -0.460 e. The van der Waals surface area contributed by atoms with E-state index in [1.54, 1.807) is 6.92 Å². The first-order valence-corrected chi connectivity index (χ1v) is 7.89. The summed E-state index contributed by atoms with van der Waals surface area (Å²) in [4.78, 5) is 33.0. The number of phosphoric acid groups is 1. The Kier molecular flexibility index (Phi) is 9.87. The Morgan fingerprint density at radius 3 is 1.78 bits per heavy atom. The summed E-state index contributed by atoms with van der Waals surface area (Å²) in [5.74, 6) is -2.75. The molecule has 0 atom stereocenters. The van der Waals surface area contributed by atoms with Crippen molar-refractivity contribution in [3.05, 3.63) is 11.8 Å².